The quantitative estimate of drug-likeness (QED) is 0.353. The molecule has 10 heteroatoms. The number of hydrogen-bond donors (Lipinski definition) is 2. The SMILES string of the molecule is O=c1[nH]c(CSc2n[nH]c3nc4ccccc4n23)nc2scc(-c3ccccc3Cl)c12. The normalized spacial score (nSPS) is 11.8. The molecule has 0 saturated carbocycles. The number of hydrogen-bond acceptors (Lipinski definition) is 6. The second-order valence-electron chi connectivity index (χ2n) is 6.88. The van der Waals surface area contributed by atoms with Crippen LogP contribution in [0, 0.1) is 0 Å². The zero-order valence-electron chi connectivity index (χ0n) is 15.8. The van der Waals surface area contributed by atoms with E-state index in [1.165, 1.54) is 23.1 Å². The van der Waals surface area contributed by atoms with Crippen LogP contribution >= 0.6 is 34.7 Å². The van der Waals surface area contributed by atoms with Gasteiger partial charge in [-0.25, -0.2) is 15.1 Å². The molecule has 0 radical (unpaired) electrons. The number of imidazole rings is 1. The predicted octanol–water partition coefficient (Wildman–Crippen LogP) is 5.12. The van der Waals surface area contributed by atoms with Gasteiger partial charge >= 0.3 is 0 Å². The third-order valence-corrected chi connectivity index (χ3v) is 7.15. The minimum absolute atomic E-state index is 0.169. The second kappa shape index (κ2) is 7.23. The van der Waals surface area contributed by atoms with Crippen molar-refractivity contribution >= 4 is 61.7 Å². The van der Waals surface area contributed by atoms with Crippen LogP contribution in [0.1, 0.15) is 5.82 Å². The number of aromatic nitrogens is 6. The number of rotatable bonds is 4. The van der Waals surface area contributed by atoms with Crippen molar-refractivity contribution in [3.63, 3.8) is 0 Å². The summed E-state index contributed by atoms with van der Waals surface area (Å²) in [4.78, 5) is 25.7. The van der Waals surface area contributed by atoms with E-state index in [0.717, 1.165) is 27.3 Å². The lowest BCUT2D eigenvalue weighted by atomic mass is 10.1. The molecule has 31 heavy (non-hydrogen) atoms. The van der Waals surface area contributed by atoms with Crippen molar-refractivity contribution < 1.29 is 0 Å². The Balaban J connectivity index is 1.36. The topological polar surface area (TPSA) is 91.7 Å². The summed E-state index contributed by atoms with van der Waals surface area (Å²) < 4.78 is 1.97. The van der Waals surface area contributed by atoms with E-state index in [1.54, 1.807) is 0 Å². The molecular weight excluding hydrogens is 452 g/mol. The van der Waals surface area contributed by atoms with Crippen molar-refractivity contribution in [2.75, 3.05) is 0 Å². The lowest BCUT2D eigenvalue weighted by Crippen LogP contribution is -2.10. The summed E-state index contributed by atoms with van der Waals surface area (Å²) in [6.07, 6.45) is 0. The van der Waals surface area contributed by atoms with Gasteiger partial charge in [-0.3, -0.25) is 9.20 Å². The number of halogens is 1. The maximum atomic E-state index is 12.9. The van der Waals surface area contributed by atoms with Crippen LogP contribution in [-0.2, 0) is 5.75 Å². The van der Waals surface area contributed by atoms with Crippen molar-refractivity contribution in [1.29, 1.82) is 0 Å². The van der Waals surface area contributed by atoms with E-state index in [-0.39, 0.29) is 5.56 Å². The highest BCUT2D eigenvalue weighted by Gasteiger charge is 2.16. The van der Waals surface area contributed by atoms with Gasteiger partial charge in [0.25, 0.3) is 5.56 Å². The van der Waals surface area contributed by atoms with Crippen LogP contribution in [0.4, 0.5) is 0 Å². The van der Waals surface area contributed by atoms with E-state index >= 15 is 0 Å². The number of fused-ring (bicyclic) bond motifs is 4. The lowest BCUT2D eigenvalue weighted by Gasteiger charge is -2.03. The van der Waals surface area contributed by atoms with E-state index in [1.807, 2.05) is 58.3 Å². The van der Waals surface area contributed by atoms with E-state index in [0.29, 0.717) is 32.6 Å². The van der Waals surface area contributed by atoms with Gasteiger partial charge in [0.05, 0.1) is 22.2 Å². The molecule has 6 aromatic rings. The van der Waals surface area contributed by atoms with E-state index in [9.17, 15) is 4.79 Å². The minimum atomic E-state index is -0.169. The molecule has 0 saturated heterocycles. The third kappa shape index (κ3) is 3.04. The highest BCUT2D eigenvalue weighted by Crippen LogP contribution is 2.35. The van der Waals surface area contributed by atoms with Crippen LogP contribution in [-0.4, -0.2) is 29.5 Å². The van der Waals surface area contributed by atoms with Crippen LogP contribution in [0.15, 0.2) is 63.9 Å². The second-order valence-corrected chi connectivity index (χ2v) is 9.08. The first kappa shape index (κ1) is 18.6. The zero-order valence-corrected chi connectivity index (χ0v) is 18.2. The molecule has 2 N–H and O–H groups in total. The Kier molecular flexibility index (Phi) is 4.34. The monoisotopic (exact) mass is 464 g/mol. The fourth-order valence-corrected chi connectivity index (χ4v) is 5.63. The average molecular weight is 465 g/mol. The molecule has 0 bridgehead atoms. The number of thioether (sulfide) groups is 1. The summed E-state index contributed by atoms with van der Waals surface area (Å²) in [5, 5.41) is 11.2. The van der Waals surface area contributed by atoms with Gasteiger partial charge in [-0.05, 0) is 18.2 Å². The standard InChI is InChI=1S/C21H13ClN6OS2/c22-13-6-2-1-5-11(13)12-9-30-19-17(12)18(29)24-16(25-19)10-31-21-27-26-20-23-14-7-3-4-8-15(14)28(20)21/h1-9H,10H2,(H,23,26)(H,24,25,29). The van der Waals surface area contributed by atoms with Crippen molar-refractivity contribution in [1.82, 2.24) is 29.5 Å². The van der Waals surface area contributed by atoms with E-state index in [2.05, 4.69) is 25.1 Å². The molecular formula is C21H13ClN6OS2. The summed E-state index contributed by atoms with van der Waals surface area (Å²) in [5.74, 6) is 1.75. The van der Waals surface area contributed by atoms with Crippen molar-refractivity contribution in [2.24, 2.45) is 0 Å². The Labute approximate surface area is 188 Å². The van der Waals surface area contributed by atoms with Crippen LogP contribution in [0.2, 0.25) is 5.02 Å². The molecule has 6 rings (SSSR count). The number of nitrogens with zero attached hydrogens (tertiary/aromatic N) is 4. The number of para-hydroxylation sites is 2. The molecule has 152 valence electrons. The van der Waals surface area contributed by atoms with Gasteiger partial charge in [-0.1, -0.05) is 53.7 Å². The Hall–Kier alpha value is -3.14. The summed E-state index contributed by atoms with van der Waals surface area (Å²) >= 11 is 9.26. The molecule has 0 aliphatic rings. The number of H-pyrrole nitrogens is 2. The Morgan fingerprint density at radius 2 is 1.90 bits per heavy atom. The molecule has 0 fully saturated rings. The molecule has 0 aliphatic heterocycles. The molecule has 0 amide bonds. The first-order valence-electron chi connectivity index (χ1n) is 9.39. The third-order valence-electron chi connectivity index (χ3n) is 5.00. The van der Waals surface area contributed by atoms with Gasteiger partial charge in [0.1, 0.15) is 10.7 Å². The van der Waals surface area contributed by atoms with Crippen LogP contribution < -0.4 is 5.56 Å². The maximum Gasteiger partial charge on any atom is 0.260 e. The lowest BCUT2D eigenvalue weighted by molar-refractivity contribution is 0.935. The molecule has 0 spiro atoms. The van der Waals surface area contributed by atoms with Gasteiger partial charge in [0.15, 0.2) is 5.16 Å². The van der Waals surface area contributed by atoms with Gasteiger partial charge < -0.3 is 4.98 Å². The molecule has 2 aromatic carbocycles. The summed E-state index contributed by atoms with van der Waals surface area (Å²) in [5.41, 5.74) is 3.34. The number of benzene rings is 2. The number of thiophene rings is 1. The van der Waals surface area contributed by atoms with Gasteiger partial charge in [0.2, 0.25) is 5.78 Å². The first-order chi connectivity index (χ1) is 15.2. The average Bonchev–Trinajstić information content (AvgIpc) is 3.46. The Bertz CT molecular complexity index is 1650. The first-order valence-corrected chi connectivity index (χ1v) is 11.6. The van der Waals surface area contributed by atoms with Crippen molar-refractivity contribution in [2.45, 2.75) is 10.9 Å². The van der Waals surface area contributed by atoms with Gasteiger partial charge in [-0.2, -0.15) is 0 Å². The zero-order chi connectivity index (χ0) is 20.9. The summed E-state index contributed by atoms with van der Waals surface area (Å²) in [7, 11) is 0. The van der Waals surface area contributed by atoms with Crippen LogP contribution in [0.25, 0.3) is 38.2 Å². The summed E-state index contributed by atoms with van der Waals surface area (Å²) in [6, 6.07) is 15.4. The fraction of sp³-hybridized carbons (Fsp3) is 0.0476. The molecule has 0 unspecified atom stereocenters. The van der Waals surface area contributed by atoms with Crippen LogP contribution in [0.3, 0.4) is 0 Å². The number of aromatic amines is 2. The Morgan fingerprint density at radius 1 is 1.06 bits per heavy atom. The maximum absolute atomic E-state index is 12.9. The molecule has 0 atom stereocenters. The van der Waals surface area contributed by atoms with Crippen LogP contribution in [0.5, 0.6) is 0 Å². The molecule has 4 aromatic heterocycles. The molecule has 7 nitrogen and oxygen atoms in total. The minimum Gasteiger partial charge on any atom is -0.309 e. The Morgan fingerprint density at radius 3 is 2.81 bits per heavy atom. The van der Waals surface area contributed by atoms with Crippen molar-refractivity contribution in [3.8, 4) is 11.1 Å². The van der Waals surface area contributed by atoms with E-state index < -0.39 is 0 Å². The molecule has 4 heterocycles. The highest BCUT2D eigenvalue weighted by atomic mass is 35.5. The van der Waals surface area contributed by atoms with E-state index in [4.69, 9.17) is 11.6 Å². The fourth-order valence-electron chi connectivity index (χ4n) is 3.61. The summed E-state index contributed by atoms with van der Waals surface area (Å²) in [6.45, 7) is 0. The number of nitrogens with one attached hydrogen (secondary N) is 2. The highest BCUT2D eigenvalue weighted by molar-refractivity contribution is 7.98. The predicted molar refractivity (Wildman–Crippen MR) is 125 cm³/mol. The largest absolute Gasteiger partial charge is 0.309 e. The smallest absolute Gasteiger partial charge is 0.260 e. The molecule has 0 aliphatic carbocycles. The van der Waals surface area contributed by atoms with Gasteiger partial charge in [-0.15, -0.1) is 16.4 Å². The van der Waals surface area contributed by atoms with Gasteiger partial charge in [0, 0.05) is 21.5 Å². The van der Waals surface area contributed by atoms with Crippen molar-refractivity contribution in [3.05, 3.63) is 75.1 Å².